The van der Waals surface area contributed by atoms with E-state index in [1.807, 2.05) is 12.4 Å². The Morgan fingerprint density at radius 2 is 2.24 bits per heavy atom. The van der Waals surface area contributed by atoms with Gasteiger partial charge in [-0.15, -0.1) is 0 Å². The molecule has 4 heteroatoms. The lowest BCUT2D eigenvalue weighted by atomic mass is 9.91. The summed E-state index contributed by atoms with van der Waals surface area (Å²) in [7, 11) is 0. The summed E-state index contributed by atoms with van der Waals surface area (Å²) in [5.74, 6) is 2.55. The molecule has 0 radical (unpaired) electrons. The van der Waals surface area contributed by atoms with Crippen molar-refractivity contribution in [1.82, 2.24) is 9.97 Å². The number of aromatic nitrogens is 2. The van der Waals surface area contributed by atoms with Crippen LogP contribution in [0, 0.1) is 11.8 Å². The van der Waals surface area contributed by atoms with Crippen molar-refractivity contribution in [3.05, 3.63) is 12.4 Å². The predicted molar refractivity (Wildman–Crippen MR) is 68.8 cm³/mol. The lowest BCUT2D eigenvalue weighted by molar-refractivity contribution is 0.366. The van der Waals surface area contributed by atoms with Gasteiger partial charge in [0, 0.05) is 25.0 Å². The zero-order valence-electron chi connectivity index (χ0n) is 10.3. The van der Waals surface area contributed by atoms with Crippen molar-refractivity contribution in [2.75, 3.05) is 18.0 Å². The number of H-pyrrole nitrogens is 1. The van der Waals surface area contributed by atoms with E-state index in [0.717, 1.165) is 25.0 Å². The Kier molecular flexibility index (Phi) is 3.05. The van der Waals surface area contributed by atoms with E-state index in [0.29, 0.717) is 12.0 Å². The fourth-order valence-electron chi connectivity index (χ4n) is 3.26. The van der Waals surface area contributed by atoms with Crippen LogP contribution in [0.3, 0.4) is 0 Å². The second-order valence-electron chi connectivity index (χ2n) is 5.43. The summed E-state index contributed by atoms with van der Waals surface area (Å²) in [6.45, 7) is 1.95. The van der Waals surface area contributed by atoms with Crippen molar-refractivity contribution in [3.63, 3.8) is 0 Å². The van der Waals surface area contributed by atoms with Crippen molar-refractivity contribution in [3.8, 4) is 0 Å². The van der Waals surface area contributed by atoms with E-state index in [4.69, 9.17) is 5.73 Å². The van der Waals surface area contributed by atoms with Crippen LogP contribution in [0.2, 0.25) is 0 Å². The van der Waals surface area contributed by atoms with Crippen LogP contribution in [0.25, 0.3) is 0 Å². The third kappa shape index (κ3) is 2.18. The van der Waals surface area contributed by atoms with Gasteiger partial charge in [-0.2, -0.15) is 0 Å². The zero-order valence-corrected chi connectivity index (χ0v) is 10.3. The first-order valence-electron chi connectivity index (χ1n) is 6.86. The summed E-state index contributed by atoms with van der Waals surface area (Å²) >= 11 is 0. The number of anilines is 1. The van der Waals surface area contributed by atoms with E-state index in [1.165, 1.54) is 32.1 Å². The quantitative estimate of drug-likeness (QED) is 0.837. The SMILES string of the molecule is NC[C@H]1CCCCN(c2ncc[nH]2)[C@@H]1C1CC1. The summed E-state index contributed by atoms with van der Waals surface area (Å²) in [5, 5.41) is 0. The molecule has 3 N–H and O–H groups in total. The molecule has 0 spiro atoms. The zero-order chi connectivity index (χ0) is 11.7. The molecule has 1 aromatic rings. The van der Waals surface area contributed by atoms with Gasteiger partial charge in [0.1, 0.15) is 0 Å². The molecule has 1 saturated carbocycles. The van der Waals surface area contributed by atoms with Gasteiger partial charge in [-0.05, 0) is 44.1 Å². The van der Waals surface area contributed by atoms with Crippen LogP contribution in [-0.2, 0) is 0 Å². The third-order valence-corrected chi connectivity index (χ3v) is 4.23. The normalized spacial score (nSPS) is 30.3. The minimum Gasteiger partial charge on any atom is -0.339 e. The Morgan fingerprint density at radius 3 is 2.88 bits per heavy atom. The highest BCUT2D eigenvalue weighted by atomic mass is 15.3. The maximum absolute atomic E-state index is 5.99. The van der Waals surface area contributed by atoms with Crippen LogP contribution in [-0.4, -0.2) is 29.1 Å². The van der Waals surface area contributed by atoms with Crippen LogP contribution in [0.4, 0.5) is 5.95 Å². The van der Waals surface area contributed by atoms with Crippen LogP contribution in [0.1, 0.15) is 32.1 Å². The number of imidazole rings is 1. The number of nitrogens with one attached hydrogen (secondary N) is 1. The monoisotopic (exact) mass is 234 g/mol. The van der Waals surface area contributed by atoms with Gasteiger partial charge in [0.15, 0.2) is 0 Å². The van der Waals surface area contributed by atoms with Gasteiger partial charge in [-0.1, -0.05) is 6.42 Å². The topological polar surface area (TPSA) is 57.9 Å². The maximum Gasteiger partial charge on any atom is 0.203 e. The summed E-state index contributed by atoms with van der Waals surface area (Å²) in [6.07, 6.45) is 10.4. The molecule has 17 heavy (non-hydrogen) atoms. The molecule has 2 fully saturated rings. The second kappa shape index (κ2) is 4.69. The molecule has 1 saturated heterocycles. The number of hydrogen-bond donors (Lipinski definition) is 2. The highest BCUT2D eigenvalue weighted by Crippen LogP contribution is 2.42. The summed E-state index contributed by atoms with van der Waals surface area (Å²) in [4.78, 5) is 10.2. The van der Waals surface area contributed by atoms with Crippen LogP contribution in [0.5, 0.6) is 0 Å². The Morgan fingerprint density at radius 1 is 1.35 bits per heavy atom. The highest BCUT2D eigenvalue weighted by Gasteiger charge is 2.41. The Balaban J connectivity index is 1.86. The number of hydrogen-bond acceptors (Lipinski definition) is 3. The lowest BCUT2D eigenvalue weighted by Crippen LogP contribution is -2.44. The van der Waals surface area contributed by atoms with Crippen molar-refractivity contribution in [2.24, 2.45) is 17.6 Å². The first-order valence-corrected chi connectivity index (χ1v) is 6.86. The standard InChI is InChI=1S/C13H22N4/c14-9-11-3-1-2-8-17(12(11)10-4-5-10)13-15-6-7-16-13/h6-7,10-12H,1-5,8-9,14H2,(H,15,16)/t11-,12-/m1/s1. The average Bonchev–Trinajstić information content (AvgIpc) is 3.08. The highest BCUT2D eigenvalue weighted by molar-refractivity contribution is 5.33. The van der Waals surface area contributed by atoms with E-state index in [2.05, 4.69) is 14.9 Å². The van der Waals surface area contributed by atoms with Gasteiger partial charge in [-0.3, -0.25) is 0 Å². The summed E-state index contributed by atoms with van der Waals surface area (Å²) in [5.41, 5.74) is 5.99. The fraction of sp³-hybridized carbons (Fsp3) is 0.769. The van der Waals surface area contributed by atoms with E-state index in [-0.39, 0.29) is 0 Å². The van der Waals surface area contributed by atoms with Crippen LogP contribution >= 0.6 is 0 Å². The van der Waals surface area contributed by atoms with Gasteiger partial charge in [0.05, 0.1) is 0 Å². The van der Waals surface area contributed by atoms with E-state index >= 15 is 0 Å². The van der Waals surface area contributed by atoms with Crippen LogP contribution < -0.4 is 10.6 Å². The van der Waals surface area contributed by atoms with Gasteiger partial charge in [0.25, 0.3) is 0 Å². The van der Waals surface area contributed by atoms with E-state index in [9.17, 15) is 0 Å². The van der Waals surface area contributed by atoms with E-state index in [1.54, 1.807) is 0 Å². The first kappa shape index (κ1) is 11.1. The van der Waals surface area contributed by atoms with Gasteiger partial charge in [-0.25, -0.2) is 4.98 Å². The Bertz CT molecular complexity index is 344. The molecule has 0 aromatic carbocycles. The van der Waals surface area contributed by atoms with Crippen molar-refractivity contribution in [1.29, 1.82) is 0 Å². The molecule has 1 aliphatic heterocycles. The largest absolute Gasteiger partial charge is 0.339 e. The smallest absolute Gasteiger partial charge is 0.203 e. The van der Waals surface area contributed by atoms with E-state index < -0.39 is 0 Å². The molecule has 0 bridgehead atoms. The fourth-order valence-corrected chi connectivity index (χ4v) is 3.26. The second-order valence-corrected chi connectivity index (χ2v) is 5.43. The van der Waals surface area contributed by atoms with Crippen LogP contribution in [0.15, 0.2) is 12.4 Å². The molecule has 3 rings (SSSR count). The summed E-state index contributed by atoms with van der Waals surface area (Å²) in [6, 6.07) is 0.619. The Labute approximate surface area is 103 Å². The molecule has 94 valence electrons. The molecule has 2 heterocycles. The van der Waals surface area contributed by atoms with Crippen molar-refractivity contribution < 1.29 is 0 Å². The third-order valence-electron chi connectivity index (χ3n) is 4.23. The molecular weight excluding hydrogens is 212 g/mol. The molecule has 1 aromatic heterocycles. The molecule has 0 unspecified atom stereocenters. The number of aromatic amines is 1. The lowest BCUT2D eigenvalue weighted by Gasteiger charge is -2.34. The first-order chi connectivity index (χ1) is 8.40. The molecule has 1 aliphatic carbocycles. The molecule has 0 amide bonds. The minimum atomic E-state index is 0.619. The number of nitrogens with zero attached hydrogens (tertiary/aromatic N) is 2. The molecular formula is C13H22N4. The minimum absolute atomic E-state index is 0.619. The average molecular weight is 234 g/mol. The van der Waals surface area contributed by atoms with Gasteiger partial charge >= 0.3 is 0 Å². The van der Waals surface area contributed by atoms with Gasteiger partial charge < -0.3 is 15.6 Å². The molecule has 4 nitrogen and oxygen atoms in total. The van der Waals surface area contributed by atoms with Crippen molar-refractivity contribution >= 4 is 5.95 Å². The Hall–Kier alpha value is -1.03. The summed E-state index contributed by atoms with van der Waals surface area (Å²) < 4.78 is 0. The predicted octanol–water partition coefficient (Wildman–Crippen LogP) is 1.75. The van der Waals surface area contributed by atoms with Crippen molar-refractivity contribution in [2.45, 2.75) is 38.1 Å². The molecule has 2 atom stereocenters. The molecule has 2 aliphatic rings. The number of nitrogens with two attached hydrogens (primary N) is 1. The maximum atomic E-state index is 5.99. The number of rotatable bonds is 3. The van der Waals surface area contributed by atoms with Gasteiger partial charge in [0.2, 0.25) is 5.95 Å².